The number of carbonyl (C=O) groups is 2. The van der Waals surface area contributed by atoms with Crippen molar-refractivity contribution in [2.45, 2.75) is 32.4 Å². The quantitative estimate of drug-likeness (QED) is 0.810. The van der Waals surface area contributed by atoms with Crippen molar-refractivity contribution in [1.82, 2.24) is 9.88 Å². The Balaban J connectivity index is 1.68. The molecule has 1 aromatic carbocycles. The molecule has 1 saturated heterocycles. The molecule has 5 nitrogen and oxygen atoms in total. The number of carbonyl (C=O) groups excluding carboxylic acids is 2. The molecular formula is C19H20F3N3O2S. The van der Waals surface area contributed by atoms with Gasteiger partial charge in [-0.2, -0.15) is 13.2 Å². The van der Waals surface area contributed by atoms with Crippen LogP contribution in [-0.4, -0.2) is 34.8 Å². The lowest BCUT2D eigenvalue weighted by Crippen LogP contribution is -2.43. The summed E-state index contributed by atoms with van der Waals surface area (Å²) in [4.78, 5) is 30.3. The van der Waals surface area contributed by atoms with Gasteiger partial charge in [-0.1, -0.05) is 19.1 Å². The molecule has 2 heterocycles. The first-order valence-electron chi connectivity index (χ1n) is 8.99. The largest absolute Gasteiger partial charge is 0.416 e. The highest BCUT2D eigenvalue weighted by molar-refractivity contribution is 7.14. The topological polar surface area (TPSA) is 62.3 Å². The molecule has 0 bridgehead atoms. The van der Waals surface area contributed by atoms with Crippen molar-refractivity contribution < 1.29 is 22.8 Å². The number of nitrogens with zero attached hydrogens (tertiary/aromatic N) is 2. The minimum Gasteiger partial charge on any atom is -0.342 e. The van der Waals surface area contributed by atoms with Crippen molar-refractivity contribution >= 4 is 28.3 Å². The van der Waals surface area contributed by atoms with E-state index in [1.165, 1.54) is 6.07 Å². The number of hydrogen-bond donors (Lipinski definition) is 1. The second-order valence-electron chi connectivity index (χ2n) is 6.64. The fraction of sp³-hybridized carbons (Fsp3) is 0.421. The van der Waals surface area contributed by atoms with Gasteiger partial charge >= 0.3 is 6.18 Å². The molecule has 1 fully saturated rings. The zero-order valence-electron chi connectivity index (χ0n) is 15.3. The van der Waals surface area contributed by atoms with E-state index >= 15 is 0 Å². The van der Waals surface area contributed by atoms with Gasteiger partial charge in [0.15, 0.2) is 5.13 Å². The maximum atomic E-state index is 12.9. The summed E-state index contributed by atoms with van der Waals surface area (Å²) in [5.41, 5.74) is -0.0340. The Hall–Kier alpha value is -2.42. The second-order valence-corrected chi connectivity index (χ2v) is 7.50. The van der Waals surface area contributed by atoms with Crippen LogP contribution in [0.25, 0.3) is 11.3 Å². The van der Waals surface area contributed by atoms with Gasteiger partial charge in [-0.05, 0) is 25.0 Å². The normalized spacial score (nSPS) is 17.4. The number of hydrogen-bond acceptors (Lipinski definition) is 4. The number of benzene rings is 1. The van der Waals surface area contributed by atoms with Crippen LogP contribution in [0.15, 0.2) is 29.6 Å². The summed E-state index contributed by atoms with van der Waals surface area (Å²) in [5.74, 6) is -0.512. The van der Waals surface area contributed by atoms with Crippen molar-refractivity contribution in [3.05, 3.63) is 35.2 Å². The van der Waals surface area contributed by atoms with Gasteiger partial charge in [0.2, 0.25) is 11.8 Å². The van der Waals surface area contributed by atoms with E-state index in [-0.39, 0.29) is 17.7 Å². The van der Waals surface area contributed by atoms with Gasteiger partial charge in [-0.25, -0.2) is 4.98 Å². The third kappa shape index (κ3) is 4.70. The molecule has 0 radical (unpaired) electrons. The van der Waals surface area contributed by atoms with E-state index in [0.717, 1.165) is 29.9 Å². The first-order chi connectivity index (χ1) is 13.3. The van der Waals surface area contributed by atoms with Crippen molar-refractivity contribution in [2.24, 2.45) is 5.92 Å². The van der Waals surface area contributed by atoms with Gasteiger partial charge in [-0.15, -0.1) is 11.3 Å². The fourth-order valence-electron chi connectivity index (χ4n) is 3.17. The van der Waals surface area contributed by atoms with Crippen molar-refractivity contribution in [1.29, 1.82) is 0 Å². The van der Waals surface area contributed by atoms with Crippen LogP contribution in [0, 0.1) is 5.92 Å². The number of rotatable bonds is 4. The third-order valence-corrected chi connectivity index (χ3v) is 5.43. The lowest BCUT2D eigenvalue weighted by atomic mass is 9.97. The molecule has 1 unspecified atom stereocenters. The van der Waals surface area contributed by atoms with Gasteiger partial charge in [0.25, 0.3) is 0 Å². The van der Waals surface area contributed by atoms with Crippen LogP contribution < -0.4 is 5.32 Å². The summed E-state index contributed by atoms with van der Waals surface area (Å²) in [5, 5.41) is 4.67. The van der Waals surface area contributed by atoms with Gasteiger partial charge in [0.1, 0.15) is 0 Å². The van der Waals surface area contributed by atoms with E-state index in [9.17, 15) is 22.8 Å². The molecule has 2 amide bonds. The molecule has 1 atom stereocenters. The summed E-state index contributed by atoms with van der Waals surface area (Å²) in [6, 6.07) is 4.92. The number of amides is 2. The second kappa shape index (κ2) is 8.30. The predicted molar refractivity (Wildman–Crippen MR) is 101 cm³/mol. The molecule has 0 spiro atoms. The molecule has 0 saturated carbocycles. The van der Waals surface area contributed by atoms with Crippen LogP contribution in [0.1, 0.15) is 31.7 Å². The highest BCUT2D eigenvalue weighted by atomic mass is 32.1. The average Bonchev–Trinajstić information content (AvgIpc) is 3.15. The molecule has 1 aliphatic rings. The molecule has 1 aliphatic heterocycles. The first-order valence-corrected chi connectivity index (χ1v) is 9.87. The number of alkyl halides is 3. The number of aromatic nitrogens is 1. The highest BCUT2D eigenvalue weighted by Crippen LogP contribution is 2.33. The summed E-state index contributed by atoms with van der Waals surface area (Å²) in [6.07, 6.45) is -2.57. The van der Waals surface area contributed by atoms with E-state index in [2.05, 4.69) is 10.3 Å². The van der Waals surface area contributed by atoms with Gasteiger partial charge in [0, 0.05) is 30.5 Å². The van der Waals surface area contributed by atoms with Crippen LogP contribution in [-0.2, 0) is 15.8 Å². The maximum Gasteiger partial charge on any atom is 0.416 e. The van der Waals surface area contributed by atoms with Crippen LogP contribution in [0.5, 0.6) is 0 Å². The van der Waals surface area contributed by atoms with E-state index in [1.807, 2.05) is 0 Å². The van der Waals surface area contributed by atoms with Crippen LogP contribution in [0.3, 0.4) is 0 Å². The number of anilines is 1. The molecule has 1 N–H and O–H groups in total. The van der Waals surface area contributed by atoms with E-state index in [0.29, 0.717) is 42.3 Å². The van der Waals surface area contributed by atoms with Crippen molar-refractivity contribution in [3.63, 3.8) is 0 Å². The van der Waals surface area contributed by atoms with Crippen LogP contribution >= 0.6 is 11.3 Å². The lowest BCUT2D eigenvalue weighted by Gasteiger charge is -2.31. The monoisotopic (exact) mass is 411 g/mol. The summed E-state index contributed by atoms with van der Waals surface area (Å²) in [7, 11) is 0. The zero-order chi connectivity index (χ0) is 20.3. The summed E-state index contributed by atoms with van der Waals surface area (Å²) < 4.78 is 38.6. The number of piperidine rings is 1. The molecule has 28 heavy (non-hydrogen) atoms. The molecule has 2 aromatic rings. The molecule has 3 rings (SSSR count). The van der Waals surface area contributed by atoms with Gasteiger partial charge < -0.3 is 10.2 Å². The van der Waals surface area contributed by atoms with Crippen LogP contribution in [0.4, 0.5) is 18.3 Å². The number of nitrogens with one attached hydrogen (secondary N) is 1. The Morgan fingerprint density at radius 1 is 1.36 bits per heavy atom. The van der Waals surface area contributed by atoms with E-state index < -0.39 is 11.7 Å². The maximum absolute atomic E-state index is 12.9. The molecular weight excluding hydrogens is 391 g/mol. The van der Waals surface area contributed by atoms with Crippen molar-refractivity contribution in [2.75, 3.05) is 18.4 Å². The Morgan fingerprint density at radius 2 is 2.14 bits per heavy atom. The smallest absolute Gasteiger partial charge is 0.342 e. The van der Waals surface area contributed by atoms with Gasteiger partial charge in [-0.3, -0.25) is 9.59 Å². The lowest BCUT2D eigenvalue weighted by molar-refractivity contribution is -0.137. The zero-order valence-corrected chi connectivity index (χ0v) is 16.1. The SMILES string of the molecule is CCC(=O)N1CCCC(C(=O)Nc2nc(-c3cccc(C(F)(F)F)c3)cs2)C1. The molecule has 0 aliphatic carbocycles. The molecule has 9 heteroatoms. The number of thiazole rings is 1. The summed E-state index contributed by atoms with van der Waals surface area (Å²) >= 11 is 1.16. The number of halogens is 3. The Kier molecular flexibility index (Phi) is 6.02. The molecule has 150 valence electrons. The highest BCUT2D eigenvalue weighted by Gasteiger charge is 2.31. The first kappa shape index (κ1) is 20.3. The Bertz CT molecular complexity index is 866. The van der Waals surface area contributed by atoms with Crippen molar-refractivity contribution in [3.8, 4) is 11.3 Å². The van der Waals surface area contributed by atoms with E-state index in [1.54, 1.807) is 23.3 Å². The molecule has 1 aromatic heterocycles. The minimum atomic E-state index is -4.42. The fourth-order valence-corrected chi connectivity index (χ4v) is 3.89. The standard InChI is InChI=1S/C19H20F3N3O2S/c1-2-16(26)25-8-4-6-13(10-25)17(27)24-18-23-15(11-28-18)12-5-3-7-14(9-12)19(20,21)22/h3,5,7,9,11,13H,2,4,6,8,10H2,1H3,(H,23,24,27). The number of likely N-dealkylation sites (tertiary alicyclic amines) is 1. The Morgan fingerprint density at radius 3 is 2.86 bits per heavy atom. The van der Waals surface area contributed by atoms with E-state index in [4.69, 9.17) is 0 Å². The third-order valence-electron chi connectivity index (χ3n) is 4.67. The van der Waals surface area contributed by atoms with Gasteiger partial charge in [0.05, 0.1) is 17.2 Å². The average molecular weight is 411 g/mol. The Labute approximate surface area is 164 Å². The predicted octanol–water partition coefficient (Wildman–Crippen LogP) is 4.42. The van der Waals surface area contributed by atoms with Crippen LogP contribution in [0.2, 0.25) is 0 Å². The minimum absolute atomic E-state index is 0.0265. The summed E-state index contributed by atoms with van der Waals surface area (Å²) in [6.45, 7) is 2.83.